The van der Waals surface area contributed by atoms with Gasteiger partial charge in [0.2, 0.25) is 11.8 Å². The van der Waals surface area contributed by atoms with Crippen molar-refractivity contribution < 1.29 is 9.59 Å². The summed E-state index contributed by atoms with van der Waals surface area (Å²) in [6.45, 7) is 7.47. The molecule has 0 bridgehead atoms. The summed E-state index contributed by atoms with van der Waals surface area (Å²) in [5, 5.41) is 12.4. The lowest BCUT2D eigenvalue weighted by Gasteiger charge is -2.30. The number of amides is 2. The van der Waals surface area contributed by atoms with Crippen LogP contribution in [0.3, 0.4) is 0 Å². The van der Waals surface area contributed by atoms with E-state index >= 15 is 0 Å². The van der Waals surface area contributed by atoms with Gasteiger partial charge in [0.25, 0.3) is 0 Å². The molecule has 0 saturated heterocycles. The van der Waals surface area contributed by atoms with Crippen molar-refractivity contribution in [3.8, 4) is 0 Å². The van der Waals surface area contributed by atoms with E-state index in [4.69, 9.17) is 5.10 Å². The number of aromatic nitrogens is 2. The molecule has 2 heterocycles. The fraction of sp³-hybridized carbons (Fsp3) is 0.516. The molecule has 0 unspecified atom stereocenters. The molecule has 2 aliphatic rings. The summed E-state index contributed by atoms with van der Waals surface area (Å²) in [6.07, 6.45) is 6.36. The predicted octanol–water partition coefficient (Wildman–Crippen LogP) is 3.65. The highest BCUT2D eigenvalue weighted by molar-refractivity contribution is 5.91. The number of nitrogens with one attached hydrogen (secondary N) is 2. The van der Waals surface area contributed by atoms with E-state index in [0.29, 0.717) is 6.54 Å². The van der Waals surface area contributed by atoms with E-state index in [1.807, 2.05) is 23.8 Å². The van der Waals surface area contributed by atoms with E-state index in [2.05, 4.69) is 58.6 Å². The molecular weight excluding hydrogens is 524 g/mol. The van der Waals surface area contributed by atoms with Crippen LogP contribution in [0.1, 0.15) is 48.6 Å². The van der Waals surface area contributed by atoms with E-state index in [1.54, 1.807) is 0 Å². The van der Waals surface area contributed by atoms with Gasteiger partial charge in [0.1, 0.15) is 0 Å². The summed E-state index contributed by atoms with van der Waals surface area (Å²) in [4.78, 5) is 30.4. The fourth-order valence-corrected chi connectivity index (χ4v) is 6.06. The molecule has 1 aliphatic heterocycles. The summed E-state index contributed by atoms with van der Waals surface area (Å²) >= 11 is 0. The molecule has 3 aromatic rings. The number of likely N-dealkylation sites (N-methyl/N-ethyl adjacent to an activating group) is 2. The molecule has 0 spiro atoms. The summed E-state index contributed by atoms with van der Waals surface area (Å²) < 4.78 is 2.16. The third-order valence-electron chi connectivity index (χ3n) is 8.29. The van der Waals surface area contributed by atoms with Gasteiger partial charge in [-0.2, -0.15) is 5.10 Å². The molecule has 1 aromatic heterocycles. The molecule has 8 nitrogen and oxygen atoms in total. The normalized spacial score (nSPS) is 14.7. The topological polar surface area (TPSA) is 82.5 Å². The molecule has 2 N–H and O–H groups in total. The fourth-order valence-electron chi connectivity index (χ4n) is 6.06. The first-order valence-electron chi connectivity index (χ1n) is 14.5. The lowest BCUT2D eigenvalue weighted by atomic mass is 10.1. The van der Waals surface area contributed by atoms with Crippen molar-refractivity contribution in [1.82, 2.24) is 25.3 Å². The van der Waals surface area contributed by atoms with Gasteiger partial charge in [-0.25, -0.2) is 0 Å². The standard InChI is InChI=1S/C31H42N6O2.ClH/c1-4-32-13-14-33-30(38)20-36(21-31(39)35(3)25-17-23-10-7-8-11-24(23)18-25)29-19-27-26(16-22(29)2)28-12-6-5-9-15-37(28)34-27;/h7-8,10-11,16,19,25,32H,4-6,9,12-15,17-18,20-21H2,1-3H3,(H,33,38);1H. The van der Waals surface area contributed by atoms with Crippen molar-refractivity contribution in [2.45, 2.75) is 65.0 Å². The Bertz CT molecular complexity index is 1310. The zero-order chi connectivity index (χ0) is 27.4. The van der Waals surface area contributed by atoms with Crippen molar-refractivity contribution in [1.29, 1.82) is 0 Å². The number of fused-ring (bicyclic) bond motifs is 4. The molecule has 5 rings (SSSR count). The molecule has 2 amide bonds. The predicted molar refractivity (Wildman–Crippen MR) is 163 cm³/mol. The summed E-state index contributed by atoms with van der Waals surface area (Å²) in [5.41, 5.74) is 6.85. The first-order chi connectivity index (χ1) is 18.9. The van der Waals surface area contributed by atoms with E-state index in [9.17, 15) is 9.59 Å². The quantitative estimate of drug-likeness (QED) is 0.366. The van der Waals surface area contributed by atoms with Gasteiger partial charge >= 0.3 is 0 Å². The zero-order valence-corrected chi connectivity index (χ0v) is 24.9. The van der Waals surface area contributed by atoms with Crippen molar-refractivity contribution in [2.75, 3.05) is 44.7 Å². The van der Waals surface area contributed by atoms with Crippen LogP contribution in [0.15, 0.2) is 36.4 Å². The van der Waals surface area contributed by atoms with E-state index in [1.165, 1.54) is 35.0 Å². The van der Waals surface area contributed by atoms with Gasteiger partial charge in [0, 0.05) is 49.5 Å². The number of halogens is 1. The van der Waals surface area contributed by atoms with Crippen molar-refractivity contribution >= 4 is 40.8 Å². The number of hydrogen-bond acceptors (Lipinski definition) is 5. The maximum Gasteiger partial charge on any atom is 0.242 e. The van der Waals surface area contributed by atoms with Crippen molar-refractivity contribution in [3.63, 3.8) is 0 Å². The number of hydrogen-bond donors (Lipinski definition) is 2. The van der Waals surface area contributed by atoms with Crippen molar-refractivity contribution in [2.24, 2.45) is 0 Å². The Morgan fingerprint density at radius 2 is 1.80 bits per heavy atom. The van der Waals surface area contributed by atoms with Crippen LogP contribution in [0.5, 0.6) is 0 Å². The lowest BCUT2D eigenvalue weighted by molar-refractivity contribution is -0.130. The number of rotatable bonds is 10. The molecule has 9 heteroatoms. The molecular formula is C31H43ClN6O2. The minimum absolute atomic E-state index is 0. The summed E-state index contributed by atoms with van der Waals surface area (Å²) in [7, 11) is 1.90. The second-order valence-corrected chi connectivity index (χ2v) is 11.0. The summed E-state index contributed by atoms with van der Waals surface area (Å²) in [6, 6.07) is 12.9. The Morgan fingerprint density at radius 1 is 1.05 bits per heavy atom. The van der Waals surface area contributed by atoms with Gasteiger partial charge in [-0.3, -0.25) is 14.3 Å². The minimum atomic E-state index is -0.0863. The molecule has 0 atom stereocenters. The third kappa shape index (κ3) is 6.61. The van der Waals surface area contributed by atoms with Crippen LogP contribution >= 0.6 is 12.4 Å². The molecule has 40 heavy (non-hydrogen) atoms. The van der Waals surface area contributed by atoms with Crippen LogP contribution in [-0.4, -0.2) is 72.3 Å². The highest BCUT2D eigenvalue weighted by atomic mass is 35.5. The Morgan fingerprint density at radius 3 is 2.52 bits per heavy atom. The average Bonchev–Trinajstić information content (AvgIpc) is 3.42. The Labute approximate surface area is 243 Å². The third-order valence-corrected chi connectivity index (χ3v) is 8.29. The van der Waals surface area contributed by atoms with Crippen LogP contribution in [-0.2, 0) is 35.4 Å². The molecule has 0 saturated carbocycles. The highest BCUT2D eigenvalue weighted by Crippen LogP contribution is 2.31. The molecule has 0 fully saturated rings. The number of aryl methyl sites for hydroxylation is 3. The number of benzene rings is 2. The van der Waals surface area contributed by atoms with Crippen LogP contribution in [0.25, 0.3) is 10.9 Å². The number of anilines is 1. The maximum absolute atomic E-state index is 13.6. The van der Waals surface area contributed by atoms with E-state index in [0.717, 1.165) is 62.1 Å². The molecule has 0 radical (unpaired) electrons. The van der Waals surface area contributed by atoms with Crippen LogP contribution < -0.4 is 15.5 Å². The molecule has 2 aromatic carbocycles. The van der Waals surface area contributed by atoms with Gasteiger partial charge < -0.3 is 20.4 Å². The van der Waals surface area contributed by atoms with E-state index in [-0.39, 0.29) is 43.4 Å². The average molecular weight is 567 g/mol. The zero-order valence-electron chi connectivity index (χ0n) is 24.0. The van der Waals surface area contributed by atoms with Gasteiger partial charge in [0.05, 0.1) is 18.6 Å². The van der Waals surface area contributed by atoms with Crippen LogP contribution in [0.2, 0.25) is 0 Å². The van der Waals surface area contributed by atoms with Gasteiger partial charge in [-0.05, 0) is 74.4 Å². The van der Waals surface area contributed by atoms with Crippen LogP contribution in [0, 0.1) is 6.92 Å². The Hall–Kier alpha value is -3.10. The smallest absolute Gasteiger partial charge is 0.242 e. The largest absolute Gasteiger partial charge is 0.353 e. The minimum Gasteiger partial charge on any atom is -0.353 e. The van der Waals surface area contributed by atoms with Gasteiger partial charge in [-0.15, -0.1) is 12.4 Å². The SMILES string of the molecule is CCNCCNC(=O)CN(CC(=O)N(C)C1Cc2ccccc2C1)c1cc2nn3c(c2cc1C)CCCCC3.Cl. The maximum atomic E-state index is 13.6. The Balaban J connectivity index is 0.00000370. The first kappa shape index (κ1) is 29.9. The highest BCUT2D eigenvalue weighted by Gasteiger charge is 2.29. The summed E-state index contributed by atoms with van der Waals surface area (Å²) in [5.74, 6) is -0.0647. The second-order valence-electron chi connectivity index (χ2n) is 11.0. The van der Waals surface area contributed by atoms with Gasteiger partial charge in [0.15, 0.2) is 0 Å². The van der Waals surface area contributed by atoms with Gasteiger partial charge in [-0.1, -0.05) is 37.6 Å². The lowest BCUT2D eigenvalue weighted by Crippen LogP contribution is -2.47. The van der Waals surface area contributed by atoms with E-state index < -0.39 is 0 Å². The van der Waals surface area contributed by atoms with Crippen molar-refractivity contribution in [3.05, 3.63) is 58.8 Å². The molecule has 216 valence electrons. The number of carbonyl (C=O) groups is 2. The molecule has 1 aliphatic carbocycles. The Kier molecular flexibility index (Phi) is 10.1. The second kappa shape index (κ2) is 13.5. The first-order valence-corrected chi connectivity index (χ1v) is 14.5. The number of nitrogens with zero attached hydrogens (tertiary/aromatic N) is 4. The monoisotopic (exact) mass is 566 g/mol. The van der Waals surface area contributed by atoms with Crippen LogP contribution in [0.4, 0.5) is 5.69 Å². The number of carbonyl (C=O) groups excluding carboxylic acids is 2.